The lowest BCUT2D eigenvalue weighted by molar-refractivity contribution is -0.128. The van der Waals surface area contributed by atoms with Crippen LogP contribution in [0.3, 0.4) is 0 Å². The fraction of sp³-hybridized carbons (Fsp3) is 0.263. The molecule has 0 saturated carbocycles. The summed E-state index contributed by atoms with van der Waals surface area (Å²) >= 11 is 5.80. The topological polar surface area (TPSA) is 58.6 Å². The van der Waals surface area contributed by atoms with E-state index < -0.39 is 0 Å². The first-order valence-corrected chi connectivity index (χ1v) is 8.29. The third kappa shape index (κ3) is 6.47. The van der Waals surface area contributed by atoms with Gasteiger partial charge < -0.3 is 15.0 Å². The van der Waals surface area contributed by atoms with Gasteiger partial charge in [-0.1, -0.05) is 23.7 Å². The number of anilines is 1. The van der Waals surface area contributed by atoms with Gasteiger partial charge in [-0.25, -0.2) is 0 Å². The van der Waals surface area contributed by atoms with Crippen molar-refractivity contribution < 1.29 is 14.3 Å². The summed E-state index contributed by atoms with van der Waals surface area (Å²) in [7, 11) is 3.45. The molecule has 5 nitrogen and oxygen atoms in total. The van der Waals surface area contributed by atoms with E-state index >= 15 is 0 Å². The lowest BCUT2D eigenvalue weighted by Gasteiger charge is -2.11. The van der Waals surface area contributed by atoms with Crippen molar-refractivity contribution in [3.63, 3.8) is 0 Å². The lowest BCUT2D eigenvalue weighted by Crippen LogP contribution is -2.23. The van der Waals surface area contributed by atoms with Gasteiger partial charge in [-0.05, 0) is 42.0 Å². The first-order valence-electron chi connectivity index (χ1n) is 7.91. The Morgan fingerprint density at radius 2 is 1.68 bits per heavy atom. The second-order valence-corrected chi connectivity index (χ2v) is 6.20. The van der Waals surface area contributed by atoms with E-state index in [1.54, 1.807) is 55.4 Å². The zero-order chi connectivity index (χ0) is 18.2. The van der Waals surface area contributed by atoms with Crippen molar-refractivity contribution in [2.75, 3.05) is 26.0 Å². The lowest BCUT2D eigenvalue weighted by atomic mass is 10.1. The van der Waals surface area contributed by atoms with E-state index in [-0.39, 0.29) is 24.8 Å². The van der Waals surface area contributed by atoms with Crippen LogP contribution in [0.25, 0.3) is 0 Å². The van der Waals surface area contributed by atoms with Crippen LogP contribution in [0.4, 0.5) is 5.69 Å². The Kier molecular flexibility index (Phi) is 6.83. The Morgan fingerprint density at radius 3 is 2.28 bits per heavy atom. The molecule has 0 fully saturated rings. The molecular weight excluding hydrogens is 340 g/mol. The first kappa shape index (κ1) is 18.8. The molecule has 0 heterocycles. The molecule has 2 rings (SSSR count). The van der Waals surface area contributed by atoms with Gasteiger partial charge in [-0.15, -0.1) is 0 Å². The number of benzene rings is 2. The van der Waals surface area contributed by atoms with E-state index in [0.717, 1.165) is 5.56 Å². The number of carbonyl (C=O) groups excluding carboxylic acids is 2. The van der Waals surface area contributed by atoms with E-state index in [2.05, 4.69) is 5.32 Å². The van der Waals surface area contributed by atoms with Gasteiger partial charge >= 0.3 is 0 Å². The highest BCUT2D eigenvalue weighted by Gasteiger charge is 2.07. The SMILES string of the molecule is CN(C)C(=O)Cc1ccc(NC(=O)CCOc2ccc(Cl)cc2)cc1. The predicted octanol–water partition coefficient (Wildman–Crippen LogP) is 3.38. The van der Waals surface area contributed by atoms with Gasteiger partial charge in [-0.2, -0.15) is 0 Å². The van der Waals surface area contributed by atoms with Gasteiger partial charge in [0.1, 0.15) is 5.75 Å². The minimum absolute atomic E-state index is 0.0381. The van der Waals surface area contributed by atoms with Crippen LogP contribution in [0.15, 0.2) is 48.5 Å². The molecule has 2 aromatic rings. The van der Waals surface area contributed by atoms with Crippen molar-refractivity contribution in [1.82, 2.24) is 4.90 Å². The van der Waals surface area contributed by atoms with Gasteiger partial charge in [-0.3, -0.25) is 9.59 Å². The van der Waals surface area contributed by atoms with Crippen molar-refractivity contribution >= 4 is 29.1 Å². The Hall–Kier alpha value is -2.53. The molecule has 1 N–H and O–H groups in total. The third-order valence-corrected chi connectivity index (χ3v) is 3.76. The van der Waals surface area contributed by atoms with Crippen LogP contribution in [-0.2, 0) is 16.0 Å². The first-order chi connectivity index (χ1) is 11.9. The number of ether oxygens (including phenoxy) is 1. The molecule has 2 amide bonds. The molecule has 0 aliphatic rings. The van der Waals surface area contributed by atoms with Crippen LogP contribution < -0.4 is 10.1 Å². The maximum Gasteiger partial charge on any atom is 0.227 e. The van der Waals surface area contributed by atoms with E-state index in [0.29, 0.717) is 22.9 Å². The Morgan fingerprint density at radius 1 is 1.04 bits per heavy atom. The summed E-state index contributed by atoms with van der Waals surface area (Å²) in [6.07, 6.45) is 0.583. The minimum Gasteiger partial charge on any atom is -0.493 e. The van der Waals surface area contributed by atoms with Crippen molar-refractivity contribution in [2.24, 2.45) is 0 Å². The third-order valence-electron chi connectivity index (χ3n) is 3.50. The highest BCUT2D eigenvalue weighted by Crippen LogP contribution is 2.16. The second-order valence-electron chi connectivity index (χ2n) is 5.76. The molecule has 25 heavy (non-hydrogen) atoms. The van der Waals surface area contributed by atoms with E-state index in [9.17, 15) is 9.59 Å². The van der Waals surface area contributed by atoms with E-state index in [4.69, 9.17) is 16.3 Å². The summed E-state index contributed by atoms with van der Waals surface area (Å²) < 4.78 is 5.49. The summed E-state index contributed by atoms with van der Waals surface area (Å²) in [6.45, 7) is 0.281. The smallest absolute Gasteiger partial charge is 0.227 e. The maximum absolute atomic E-state index is 11.9. The van der Waals surface area contributed by atoms with Crippen molar-refractivity contribution in [1.29, 1.82) is 0 Å². The minimum atomic E-state index is -0.133. The zero-order valence-electron chi connectivity index (χ0n) is 14.3. The quantitative estimate of drug-likeness (QED) is 0.823. The van der Waals surface area contributed by atoms with Gasteiger partial charge in [0.25, 0.3) is 0 Å². The summed E-state index contributed by atoms with van der Waals surface area (Å²) in [4.78, 5) is 25.2. The van der Waals surface area contributed by atoms with Gasteiger partial charge in [0.05, 0.1) is 19.4 Å². The molecular formula is C19H21ClN2O3. The van der Waals surface area contributed by atoms with Crippen LogP contribution >= 0.6 is 11.6 Å². The molecule has 0 aliphatic carbocycles. The molecule has 0 saturated heterocycles. The van der Waals surface area contributed by atoms with Gasteiger partial charge in [0.2, 0.25) is 11.8 Å². The molecule has 0 aromatic heterocycles. The fourth-order valence-corrected chi connectivity index (χ4v) is 2.18. The standard InChI is InChI=1S/C19H21ClN2O3/c1-22(2)19(24)13-14-3-7-16(8-4-14)21-18(23)11-12-25-17-9-5-15(20)6-10-17/h3-10H,11-13H2,1-2H3,(H,21,23). The number of halogens is 1. The molecule has 0 radical (unpaired) electrons. The van der Waals surface area contributed by atoms with Crippen molar-refractivity contribution in [3.8, 4) is 5.75 Å². The van der Waals surface area contributed by atoms with E-state index in [1.807, 2.05) is 12.1 Å². The number of amides is 2. The number of hydrogen-bond donors (Lipinski definition) is 1. The number of rotatable bonds is 7. The molecule has 0 unspecified atom stereocenters. The monoisotopic (exact) mass is 360 g/mol. The average molecular weight is 361 g/mol. The molecule has 0 spiro atoms. The van der Waals surface area contributed by atoms with Crippen LogP contribution in [0, 0.1) is 0 Å². The normalized spacial score (nSPS) is 10.2. The van der Waals surface area contributed by atoms with Crippen LogP contribution in [0.1, 0.15) is 12.0 Å². The number of carbonyl (C=O) groups is 2. The second kappa shape index (κ2) is 9.08. The predicted molar refractivity (Wildman–Crippen MR) is 99.0 cm³/mol. The van der Waals surface area contributed by atoms with Crippen LogP contribution in [-0.4, -0.2) is 37.4 Å². The zero-order valence-corrected chi connectivity index (χ0v) is 15.0. The van der Waals surface area contributed by atoms with Crippen molar-refractivity contribution in [2.45, 2.75) is 12.8 Å². The molecule has 0 atom stereocenters. The summed E-state index contributed by atoms with van der Waals surface area (Å²) in [5, 5.41) is 3.44. The Labute approximate surface area is 152 Å². The Bertz CT molecular complexity index is 712. The molecule has 0 aliphatic heterocycles. The number of nitrogens with zero attached hydrogens (tertiary/aromatic N) is 1. The van der Waals surface area contributed by atoms with Crippen molar-refractivity contribution in [3.05, 3.63) is 59.1 Å². The molecule has 132 valence electrons. The van der Waals surface area contributed by atoms with E-state index in [1.165, 1.54) is 0 Å². The van der Waals surface area contributed by atoms with Crippen LogP contribution in [0.2, 0.25) is 5.02 Å². The van der Waals surface area contributed by atoms with Crippen LogP contribution in [0.5, 0.6) is 5.75 Å². The largest absolute Gasteiger partial charge is 0.493 e. The fourth-order valence-electron chi connectivity index (χ4n) is 2.05. The summed E-state index contributed by atoms with van der Waals surface area (Å²) in [5.74, 6) is 0.578. The highest BCUT2D eigenvalue weighted by atomic mass is 35.5. The summed E-state index contributed by atoms with van der Waals surface area (Å²) in [6, 6.07) is 14.2. The molecule has 6 heteroatoms. The highest BCUT2D eigenvalue weighted by molar-refractivity contribution is 6.30. The summed E-state index contributed by atoms with van der Waals surface area (Å²) in [5.41, 5.74) is 1.60. The Balaban J connectivity index is 1.76. The molecule has 0 bridgehead atoms. The van der Waals surface area contributed by atoms with Gasteiger partial charge in [0, 0.05) is 24.8 Å². The maximum atomic E-state index is 11.9. The number of nitrogens with one attached hydrogen (secondary N) is 1. The molecule has 2 aromatic carbocycles. The number of hydrogen-bond acceptors (Lipinski definition) is 3. The average Bonchev–Trinajstić information content (AvgIpc) is 2.58. The number of likely N-dealkylation sites (N-methyl/N-ethyl adjacent to an activating group) is 1. The van der Waals surface area contributed by atoms with Gasteiger partial charge in [0.15, 0.2) is 0 Å².